The Hall–Kier alpha value is -0.980. The number of nitrogens with zero attached hydrogens (tertiary/aromatic N) is 4. The van der Waals surface area contributed by atoms with E-state index in [1.807, 2.05) is 10.9 Å². The Kier molecular flexibility index (Phi) is 3.87. The van der Waals surface area contributed by atoms with Gasteiger partial charge in [-0.05, 0) is 6.92 Å². The Morgan fingerprint density at radius 3 is 3.12 bits per heavy atom. The van der Waals surface area contributed by atoms with E-state index in [0.717, 1.165) is 38.5 Å². The molecule has 1 atom stereocenters. The Labute approximate surface area is 95.4 Å². The topological polar surface area (TPSA) is 69.2 Å². The largest absolute Gasteiger partial charge is 0.379 e. The minimum absolute atomic E-state index is 0.452. The standard InChI is InChI=1S/C10H19N5O/c1-9-8-16-5-4-14(9)2-3-15-7-10(6-11)12-13-15/h7,9H,2-6,8,11H2,1H3. The predicted molar refractivity (Wildman–Crippen MR) is 59.8 cm³/mol. The van der Waals surface area contributed by atoms with Gasteiger partial charge in [-0.3, -0.25) is 9.58 Å². The molecule has 2 N–H and O–H groups in total. The van der Waals surface area contributed by atoms with Crippen molar-refractivity contribution in [2.45, 2.75) is 26.1 Å². The molecule has 1 aromatic heterocycles. The highest BCUT2D eigenvalue weighted by Gasteiger charge is 2.18. The monoisotopic (exact) mass is 225 g/mol. The van der Waals surface area contributed by atoms with Crippen molar-refractivity contribution in [3.63, 3.8) is 0 Å². The lowest BCUT2D eigenvalue weighted by atomic mass is 10.2. The number of morpholine rings is 1. The minimum Gasteiger partial charge on any atom is -0.379 e. The Morgan fingerprint density at radius 1 is 1.56 bits per heavy atom. The normalized spacial score (nSPS) is 22.5. The molecule has 16 heavy (non-hydrogen) atoms. The molecule has 0 aliphatic carbocycles. The summed E-state index contributed by atoms with van der Waals surface area (Å²) in [5.41, 5.74) is 6.32. The number of nitrogens with two attached hydrogens (primary N) is 1. The molecule has 2 rings (SSSR count). The first kappa shape index (κ1) is 11.5. The van der Waals surface area contributed by atoms with E-state index in [9.17, 15) is 0 Å². The molecule has 0 saturated carbocycles. The van der Waals surface area contributed by atoms with Crippen LogP contribution in [0, 0.1) is 0 Å². The van der Waals surface area contributed by atoms with Gasteiger partial charge in [0.1, 0.15) is 0 Å². The lowest BCUT2D eigenvalue weighted by Gasteiger charge is -2.32. The molecule has 1 fully saturated rings. The van der Waals surface area contributed by atoms with Gasteiger partial charge in [0, 0.05) is 31.9 Å². The molecule has 1 aromatic rings. The number of aromatic nitrogens is 3. The van der Waals surface area contributed by atoms with Crippen molar-refractivity contribution < 1.29 is 4.74 Å². The van der Waals surface area contributed by atoms with Crippen LogP contribution in [-0.4, -0.2) is 52.2 Å². The van der Waals surface area contributed by atoms with Crippen LogP contribution < -0.4 is 5.73 Å². The fourth-order valence-electron chi connectivity index (χ4n) is 1.87. The summed E-state index contributed by atoms with van der Waals surface area (Å²) in [5.74, 6) is 0. The Morgan fingerprint density at radius 2 is 2.44 bits per heavy atom. The van der Waals surface area contributed by atoms with Crippen LogP contribution in [-0.2, 0) is 17.8 Å². The summed E-state index contributed by atoms with van der Waals surface area (Å²) in [6.45, 7) is 7.13. The van der Waals surface area contributed by atoms with E-state index in [2.05, 4.69) is 22.1 Å². The summed E-state index contributed by atoms with van der Waals surface area (Å²) < 4.78 is 7.24. The highest BCUT2D eigenvalue weighted by molar-refractivity contribution is 4.90. The number of hydrogen-bond acceptors (Lipinski definition) is 5. The third-order valence-electron chi connectivity index (χ3n) is 2.92. The average Bonchev–Trinajstić information content (AvgIpc) is 2.76. The molecule has 1 unspecified atom stereocenters. The van der Waals surface area contributed by atoms with Gasteiger partial charge in [-0.25, -0.2) is 0 Å². The average molecular weight is 225 g/mol. The highest BCUT2D eigenvalue weighted by atomic mass is 16.5. The molecule has 90 valence electrons. The quantitative estimate of drug-likeness (QED) is 0.745. The van der Waals surface area contributed by atoms with E-state index in [1.165, 1.54) is 0 Å². The molecule has 1 saturated heterocycles. The van der Waals surface area contributed by atoms with Crippen LogP contribution in [0.4, 0.5) is 0 Å². The summed E-state index contributed by atoms with van der Waals surface area (Å²) in [5, 5.41) is 7.99. The van der Waals surface area contributed by atoms with Crippen LogP contribution in [0.1, 0.15) is 12.6 Å². The molecule has 0 spiro atoms. The van der Waals surface area contributed by atoms with Gasteiger partial charge >= 0.3 is 0 Å². The van der Waals surface area contributed by atoms with E-state index < -0.39 is 0 Å². The Bertz CT molecular complexity index is 327. The van der Waals surface area contributed by atoms with E-state index in [-0.39, 0.29) is 0 Å². The second-order valence-corrected chi connectivity index (χ2v) is 4.14. The molecule has 0 amide bonds. The van der Waals surface area contributed by atoms with Gasteiger partial charge in [-0.1, -0.05) is 5.21 Å². The van der Waals surface area contributed by atoms with Crippen molar-refractivity contribution in [3.8, 4) is 0 Å². The molecular weight excluding hydrogens is 206 g/mol. The van der Waals surface area contributed by atoms with Crippen LogP contribution in [0.3, 0.4) is 0 Å². The third kappa shape index (κ3) is 2.78. The van der Waals surface area contributed by atoms with Crippen molar-refractivity contribution in [2.75, 3.05) is 26.3 Å². The van der Waals surface area contributed by atoms with Gasteiger partial charge in [-0.15, -0.1) is 5.10 Å². The fraction of sp³-hybridized carbons (Fsp3) is 0.800. The first-order valence-electron chi connectivity index (χ1n) is 5.70. The highest BCUT2D eigenvalue weighted by Crippen LogP contribution is 2.05. The summed E-state index contributed by atoms with van der Waals surface area (Å²) in [4.78, 5) is 2.41. The van der Waals surface area contributed by atoms with Gasteiger partial charge in [0.05, 0.1) is 25.5 Å². The molecule has 2 heterocycles. The van der Waals surface area contributed by atoms with Crippen molar-refractivity contribution in [3.05, 3.63) is 11.9 Å². The zero-order valence-corrected chi connectivity index (χ0v) is 9.67. The van der Waals surface area contributed by atoms with E-state index in [4.69, 9.17) is 10.5 Å². The second kappa shape index (κ2) is 5.38. The van der Waals surface area contributed by atoms with Gasteiger partial charge in [-0.2, -0.15) is 0 Å². The molecule has 0 radical (unpaired) electrons. The van der Waals surface area contributed by atoms with Crippen LogP contribution in [0.25, 0.3) is 0 Å². The number of ether oxygens (including phenoxy) is 1. The van der Waals surface area contributed by atoms with Gasteiger partial charge in [0.25, 0.3) is 0 Å². The second-order valence-electron chi connectivity index (χ2n) is 4.14. The SMILES string of the molecule is CC1COCCN1CCn1cc(CN)nn1. The van der Waals surface area contributed by atoms with Crippen molar-refractivity contribution in [1.29, 1.82) is 0 Å². The maximum absolute atomic E-state index is 5.48. The fourth-order valence-corrected chi connectivity index (χ4v) is 1.87. The third-order valence-corrected chi connectivity index (χ3v) is 2.92. The lowest BCUT2D eigenvalue weighted by molar-refractivity contribution is -0.00209. The van der Waals surface area contributed by atoms with Crippen molar-refractivity contribution >= 4 is 0 Å². The Balaban J connectivity index is 1.81. The summed E-state index contributed by atoms with van der Waals surface area (Å²) in [7, 11) is 0. The van der Waals surface area contributed by atoms with Gasteiger partial charge in [0.2, 0.25) is 0 Å². The molecule has 1 aliphatic rings. The maximum Gasteiger partial charge on any atom is 0.0962 e. The zero-order valence-electron chi connectivity index (χ0n) is 9.67. The molecule has 0 bridgehead atoms. The van der Waals surface area contributed by atoms with Crippen LogP contribution >= 0.6 is 0 Å². The molecule has 6 heteroatoms. The number of hydrogen-bond donors (Lipinski definition) is 1. The summed E-state index contributed by atoms with van der Waals surface area (Å²) >= 11 is 0. The molecule has 1 aliphatic heterocycles. The van der Waals surface area contributed by atoms with E-state index >= 15 is 0 Å². The summed E-state index contributed by atoms with van der Waals surface area (Å²) in [6.07, 6.45) is 1.91. The minimum atomic E-state index is 0.452. The van der Waals surface area contributed by atoms with Crippen LogP contribution in [0.15, 0.2) is 6.20 Å². The first-order valence-corrected chi connectivity index (χ1v) is 5.70. The molecule has 0 aromatic carbocycles. The van der Waals surface area contributed by atoms with Crippen molar-refractivity contribution in [2.24, 2.45) is 5.73 Å². The summed E-state index contributed by atoms with van der Waals surface area (Å²) in [6, 6.07) is 0.492. The van der Waals surface area contributed by atoms with Crippen molar-refractivity contribution in [1.82, 2.24) is 19.9 Å². The van der Waals surface area contributed by atoms with Gasteiger partial charge < -0.3 is 10.5 Å². The number of rotatable bonds is 4. The van der Waals surface area contributed by atoms with E-state index in [1.54, 1.807) is 0 Å². The van der Waals surface area contributed by atoms with E-state index in [0.29, 0.717) is 12.6 Å². The zero-order chi connectivity index (χ0) is 11.4. The predicted octanol–water partition coefficient (Wildman–Crippen LogP) is -0.542. The van der Waals surface area contributed by atoms with Crippen LogP contribution in [0.2, 0.25) is 0 Å². The molecular formula is C10H19N5O. The molecule has 6 nitrogen and oxygen atoms in total. The van der Waals surface area contributed by atoms with Gasteiger partial charge in [0.15, 0.2) is 0 Å². The smallest absolute Gasteiger partial charge is 0.0962 e. The lowest BCUT2D eigenvalue weighted by Crippen LogP contribution is -2.44. The van der Waals surface area contributed by atoms with Crippen LogP contribution in [0.5, 0.6) is 0 Å². The first-order chi connectivity index (χ1) is 7.79. The maximum atomic E-state index is 5.48.